The zero-order valence-electron chi connectivity index (χ0n) is 11.2. The first-order valence-corrected chi connectivity index (χ1v) is 6.17. The minimum absolute atomic E-state index is 0.276. The van der Waals surface area contributed by atoms with E-state index in [1.807, 2.05) is 6.92 Å². The summed E-state index contributed by atoms with van der Waals surface area (Å²) in [5, 5.41) is 6.73. The molecule has 0 amide bonds. The number of aryl methyl sites for hydroxylation is 2. The third-order valence-corrected chi connectivity index (χ3v) is 2.90. The van der Waals surface area contributed by atoms with Crippen molar-refractivity contribution in [2.24, 2.45) is 7.05 Å². The smallest absolute Gasteiger partial charge is 0.152 e. The molecule has 0 saturated carbocycles. The van der Waals surface area contributed by atoms with Gasteiger partial charge >= 0.3 is 0 Å². The van der Waals surface area contributed by atoms with Gasteiger partial charge in [-0.15, -0.1) is 0 Å². The maximum absolute atomic E-state index is 13.6. The number of rotatable bonds is 4. The van der Waals surface area contributed by atoms with E-state index in [1.165, 1.54) is 4.68 Å². The molecule has 0 aliphatic heterocycles. The highest BCUT2D eigenvalue weighted by Gasteiger charge is 2.17. The van der Waals surface area contributed by atoms with E-state index >= 15 is 0 Å². The first-order chi connectivity index (χ1) is 9.43. The number of nitrogen functional groups attached to an aromatic ring is 1. The van der Waals surface area contributed by atoms with Crippen molar-refractivity contribution < 1.29 is 13.2 Å². The van der Waals surface area contributed by atoms with E-state index in [9.17, 15) is 13.2 Å². The SMILES string of the molecule is CCCc1nn(C)c(Nc2c(F)cc(F)cc2F)c1N. The number of nitrogens with one attached hydrogen (secondary N) is 1. The lowest BCUT2D eigenvalue weighted by Crippen LogP contribution is -2.05. The van der Waals surface area contributed by atoms with Crippen LogP contribution in [0.4, 0.5) is 30.4 Å². The monoisotopic (exact) mass is 284 g/mol. The predicted octanol–water partition coefficient (Wildman–Crippen LogP) is 3.12. The molecule has 20 heavy (non-hydrogen) atoms. The molecule has 7 heteroatoms. The van der Waals surface area contributed by atoms with Crippen LogP contribution in [-0.2, 0) is 13.5 Å². The van der Waals surface area contributed by atoms with Crippen molar-refractivity contribution in [3.63, 3.8) is 0 Å². The number of anilines is 3. The molecule has 1 heterocycles. The second-order valence-corrected chi connectivity index (χ2v) is 4.45. The van der Waals surface area contributed by atoms with Crippen molar-refractivity contribution in [2.45, 2.75) is 19.8 Å². The van der Waals surface area contributed by atoms with Crippen LogP contribution in [0.1, 0.15) is 19.0 Å². The number of hydrogen-bond acceptors (Lipinski definition) is 3. The van der Waals surface area contributed by atoms with E-state index in [4.69, 9.17) is 5.73 Å². The third kappa shape index (κ3) is 2.56. The van der Waals surface area contributed by atoms with Crippen LogP contribution < -0.4 is 11.1 Å². The lowest BCUT2D eigenvalue weighted by molar-refractivity contribution is 0.548. The topological polar surface area (TPSA) is 55.9 Å². The normalized spacial score (nSPS) is 10.8. The summed E-state index contributed by atoms with van der Waals surface area (Å²) in [6.07, 6.45) is 1.51. The van der Waals surface area contributed by atoms with Crippen LogP contribution in [0, 0.1) is 17.5 Å². The first kappa shape index (κ1) is 14.2. The average Bonchev–Trinajstić information content (AvgIpc) is 2.61. The molecule has 0 radical (unpaired) electrons. The summed E-state index contributed by atoms with van der Waals surface area (Å²) in [6, 6.07) is 1.20. The molecule has 3 N–H and O–H groups in total. The Kier molecular flexibility index (Phi) is 3.87. The molecule has 108 valence electrons. The summed E-state index contributed by atoms with van der Waals surface area (Å²) in [6.45, 7) is 1.97. The summed E-state index contributed by atoms with van der Waals surface area (Å²) in [5.41, 5.74) is 6.43. The number of nitrogens with two attached hydrogens (primary N) is 1. The molecule has 0 bridgehead atoms. The zero-order valence-corrected chi connectivity index (χ0v) is 11.2. The Bertz CT molecular complexity index is 614. The predicted molar refractivity (Wildman–Crippen MR) is 71.2 cm³/mol. The van der Waals surface area contributed by atoms with Crippen LogP contribution in [-0.4, -0.2) is 9.78 Å². The van der Waals surface area contributed by atoms with Crippen molar-refractivity contribution in [1.29, 1.82) is 0 Å². The fourth-order valence-corrected chi connectivity index (χ4v) is 1.95. The highest BCUT2D eigenvalue weighted by atomic mass is 19.1. The lowest BCUT2D eigenvalue weighted by atomic mass is 10.2. The van der Waals surface area contributed by atoms with Gasteiger partial charge in [0.25, 0.3) is 0 Å². The molecule has 0 saturated heterocycles. The van der Waals surface area contributed by atoms with Crippen molar-refractivity contribution in [1.82, 2.24) is 9.78 Å². The Morgan fingerprint density at radius 1 is 1.25 bits per heavy atom. The van der Waals surface area contributed by atoms with Crippen molar-refractivity contribution in [2.75, 3.05) is 11.1 Å². The molecule has 1 aromatic carbocycles. The summed E-state index contributed by atoms with van der Waals surface area (Å²) < 4.78 is 41.5. The molecular formula is C13H15F3N4. The van der Waals surface area contributed by atoms with E-state index in [1.54, 1.807) is 7.05 Å². The largest absolute Gasteiger partial charge is 0.394 e. The van der Waals surface area contributed by atoms with Crippen molar-refractivity contribution in [3.8, 4) is 0 Å². The summed E-state index contributed by atoms with van der Waals surface area (Å²) in [4.78, 5) is 0. The average molecular weight is 284 g/mol. The van der Waals surface area contributed by atoms with Crippen LogP contribution >= 0.6 is 0 Å². The lowest BCUT2D eigenvalue weighted by Gasteiger charge is -2.10. The van der Waals surface area contributed by atoms with Crippen molar-refractivity contribution >= 4 is 17.2 Å². The fourth-order valence-electron chi connectivity index (χ4n) is 1.95. The Hall–Kier alpha value is -2.18. The zero-order chi connectivity index (χ0) is 14.9. The number of halogens is 3. The molecular weight excluding hydrogens is 269 g/mol. The minimum Gasteiger partial charge on any atom is -0.394 e. The standard InChI is InChI=1S/C13H15F3N4/c1-3-4-10-11(17)13(20(2)19-10)18-12-8(15)5-7(14)6-9(12)16/h5-6,18H,3-4,17H2,1-2H3. The highest BCUT2D eigenvalue weighted by molar-refractivity contribution is 5.71. The van der Waals surface area contributed by atoms with E-state index in [0.717, 1.165) is 6.42 Å². The van der Waals surface area contributed by atoms with Gasteiger partial charge in [0.15, 0.2) is 17.5 Å². The summed E-state index contributed by atoms with van der Waals surface area (Å²) in [7, 11) is 1.61. The number of nitrogens with zero attached hydrogens (tertiary/aromatic N) is 2. The van der Waals surface area contributed by atoms with E-state index < -0.39 is 23.1 Å². The molecule has 0 aliphatic rings. The van der Waals surface area contributed by atoms with Gasteiger partial charge in [0.05, 0.1) is 11.4 Å². The Labute approximate surface area is 114 Å². The van der Waals surface area contributed by atoms with Gasteiger partial charge in [0.2, 0.25) is 0 Å². The Morgan fingerprint density at radius 2 is 1.85 bits per heavy atom. The van der Waals surface area contributed by atoms with E-state index in [0.29, 0.717) is 29.9 Å². The Balaban J connectivity index is 2.40. The van der Waals surface area contributed by atoms with Gasteiger partial charge in [-0.05, 0) is 6.42 Å². The second kappa shape index (κ2) is 5.44. The first-order valence-electron chi connectivity index (χ1n) is 6.17. The van der Waals surface area contributed by atoms with E-state index in [2.05, 4.69) is 10.4 Å². The minimum atomic E-state index is -1.03. The maximum atomic E-state index is 13.6. The molecule has 2 rings (SSSR count). The van der Waals surface area contributed by atoms with Crippen LogP contribution in [0.25, 0.3) is 0 Å². The number of hydrogen-bond donors (Lipinski definition) is 2. The van der Waals surface area contributed by atoms with Crippen LogP contribution in [0.15, 0.2) is 12.1 Å². The van der Waals surface area contributed by atoms with Gasteiger partial charge in [-0.1, -0.05) is 13.3 Å². The third-order valence-electron chi connectivity index (χ3n) is 2.90. The molecule has 2 aromatic rings. The number of aromatic nitrogens is 2. The maximum Gasteiger partial charge on any atom is 0.152 e. The van der Waals surface area contributed by atoms with E-state index in [-0.39, 0.29) is 5.82 Å². The molecule has 0 spiro atoms. The van der Waals surface area contributed by atoms with Gasteiger partial charge in [-0.3, -0.25) is 4.68 Å². The highest BCUT2D eigenvalue weighted by Crippen LogP contribution is 2.29. The van der Waals surface area contributed by atoms with Gasteiger partial charge in [-0.25, -0.2) is 13.2 Å². The van der Waals surface area contributed by atoms with Crippen LogP contribution in [0.3, 0.4) is 0 Å². The summed E-state index contributed by atoms with van der Waals surface area (Å²) >= 11 is 0. The Morgan fingerprint density at radius 3 is 2.40 bits per heavy atom. The van der Waals surface area contributed by atoms with Crippen LogP contribution in [0.5, 0.6) is 0 Å². The van der Waals surface area contributed by atoms with Crippen LogP contribution in [0.2, 0.25) is 0 Å². The van der Waals surface area contributed by atoms with Gasteiger partial charge in [0.1, 0.15) is 11.5 Å². The van der Waals surface area contributed by atoms with Gasteiger partial charge in [0, 0.05) is 19.2 Å². The number of benzene rings is 1. The van der Waals surface area contributed by atoms with Gasteiger partial charge in [-0.2, -0.15) is 5.10 Å². The molecule has 4 nitrogen and oxygen atoms in total. The molecule has 0 unspecified atom stereocenters. The van der Waals surface area contributed by atoms with Crippen molar-refractivity contribution in [3.05, 3.63) is 35.3 Å². The molecule has 0 atom stereocenters. The second-order valence-electron chi connectivity index (χ2n) is 4.45. The molecule has 0 fully saturated rings. The molecule has 0 aliphatic carbocycles. The quantitative estimate of drug-likeness (QED) is 0.907. The van der Waals surface area contributed by atoms with Gasteiger partial charge < -0.3 is 11.1 Å². The molecule has 1 aromatic heterocycles. The fraction of sp³-hybridized carbons (Fsp3) is 0.308. The summed E-state index contributed by atoms with van der Waals surface area (Å²) in [5.74, 6) is -2.76.